The molecule has 180 valence electrons. The Morgan fingerprint density at radius 3 is 2.66 bits per heavy atom. The highest BCUT2D eigenvalue weighted by Gasteiger charge is 2.15. The van der Waals surface area contributed by atoms with Gasteiger partial charge in [0, 0.05) is 55.5 Å². The van der Waals surface area contributed by atoms with Gasteiger partial charge in [-0.05, 0) is 55.0 Å². The lowest BCUT2D eigenvalue weighted by atomic mass is 10.1. The Hall–Kier alpha value is -3.95. The number of benzene rings is 2. The number of amides is 1. The SMILES string of the molecule is COc1ccc(-c2cnc3c(Nc4ccc(NC(=O)CN5CCNCC5)c(C)c4)nccn23)cc1. The summed E-state index contributed by atoms with van der Waals surface area (Å²) in [4.78, 5) is 23.8. The maximum atomic E-state index is 12.5. The average Bonchev–Trinajstić information content (AvgIpc) is 3.32. The van der Waals surface area contributed by atoms with Gasteiger partial charge in [-0.3, -0.25) is 14.1 Å². The Balaban J connectivity index is 1.31. The number of ether oxygens (including phenoxy) is 1. The fourth-order valence-electron chi connectivity index (χ4n) is 4.26. The molecule has 2 aromatic heterocycles. The van der Waals surface area contributed by atoms with Crippen LogP contribution < -0.4 is 20.7 Å². The summed E-state index contributed by atoms with van der Waals surface area (Å²) in [5.41, 5.74) is 5.38. The molecular weight excluding hydrogens is 442 g/mol. The molecule has 9 nitrogen and oxygen atoms in total. The Kier molecular flexibility index (Phi) is 6.60. The van der Waals surface area contributed by atoms with Crippen LogP contribution in [0.4, 0.5) is 17.2 Å². The number of nitrogens with one attached hydrogen (secondary N) is 3. The Labute approximate surface area is 204 Å². The number of fused-ring (bicyclic) bond motifs is 1. The summed E-state index contributed by atoms with van der Waals surface area (Å²) in [7, 11) is 1.66. The minimum Gasteiger partial charge on any atom is -0.497 e. The standard InChI is InChI=1S/C26H29N7O2/c1-18-15-20(5-8-22(18)31-24(34)17-32-12-9-27-10-13-32)30-25-26-29-16-23(33(26)14-11-28-25)19-3-6-21(35-2)7-4-19/h3-8,11,14-16,27H,9-10,12-13,17H2,1-2H3,(H,28,30)(H,31,34). The summed E-state index contributed by atoms with van der Waals surface area (Å²) < 4.78 is 7.27. The van der Waals surface area contributed by atoms with Crippen molar-refractivity contribution in [1.82, 2.24) is 24.6 Å². The van der Waals surface area contributed by atoms with Gasteiger partial charge >= 0.3 is 0 Å². The topological polar surface area (TPSA) is 95.8 Å². The molecule has 35 heavy (non-hydrogen) atoms. The number of carbonyl (C=O) groups is 1. The van der Waals surface area contributed by atoms with Gasteiger partial charge < -0.3 is 20.7 Å². The molecule has 9 heteroatoms. The van der Waals surface area contributed by atoms with Crippen LogP contribution in [0.5, 0.6) is 5.75 Å². The summed E-state index contributed by atoms with van der Waals surface area (Å²) in [5, 5.41) is 9.71. The summed E-state index contributed by atoms with van der Waals surface area (Å²) in [5.74, 6) is 1.47. The number of aryl methyl sites for hydroxylation is 1. The van der Waals surface area contributed by atoms with Gasteiger partial charge in [-0.15, -0.1) is 0 Å². The summed E-state index contributed by atoms with van der Waals surface area (Å²) >= 11 is 0. The molecule has 1 fully saturated rings. The second-order valence-corrected chi connectivity index (χ2v) is 8.57. The van der Waals surface area contributed by atoms with Crippen molar-refractivity contribution < 1.29 is 9.53 Å². The predicted octanol–water partition coefficient (Wildman–Crippen LogP) is 3.30. The fourth-order valence-corrected chi connectivity index (χ4v) is 4.26. The number of anilines is 3. The third-order valence-electron chi connectivity index (χ3n) is 6.15. The molecule has 1 aliphatic heterocycles. The van der Waals surface area contributed by atoms with Crippen molar-refractivity contribution in [2.75, 3.05) is 50.5 Å². The first-order valence-corrected chi connectivity index (χ1v) is 11.7. The normalized spacial score (nSPS) is 14.1. The molecule has 0 unspecified atom stereocenters. The van der Waals surface area contributed by atoms with Crippen molar-refractivity contribution in [3.63, 3.8) is 0 Å². The molecule has 5 rings (SSSR count). The Bertz CT molecular complexity index is 1330. The van der Waals surface area contributed by atoms with Crippen LogP contribution in [0.3, 0.4) is 0 Å². The van der Waals surface area contributed by atoms with Crippen molar-refractivity contribution >= 4 is 28.7 Å². The van der Waals surface area contributed by atoms with E-state index in [-0.39, 0.29) is 5.91 Å². The number of imidazole rings is 1. The summed E-state index contributed by atoms with van der Waals surface area (Å²) in [6, 6.07) is 13.7. The molecule has 0 saturated carbocycles. The maximum absolute atomic E-state index is 12.5. The van der Waals surface area contributed by atoms with Gasteiger partial charge in [-0.25, -0.2) is 9.97 Å². The number of rotatable bonds is 7. The second kappa shape index (κ2) is 10.1. The molecule has 0 aliphatic carbocycles. The Morgan fingerprint density at radius 1 is 1.11 bits per heavy atom. The second-order valence-electron chi connectivity index (χ2n) is 8.57. The van der Waals surface area contributed by atoms with E-state index in [4.69, 9.17) is 4.74 Å². The van der Waals surface area contributed by atoms with E-state index in [2.05, 4.69) is 30.8 Å². The van der Waals surface area contributed by atoms with Crippen LogP contribution in [0.15, 0.2) is 61.1 Å². The van der Waals surface area contributed by atoms with E-state index in [0.29, 0.717) is 12.4 Å². The Morgan fingerprint density at radius 2 is 1.91 bits per heavy atom. The minimum atomic E-state index is 0.00518. The largest absolute Gasteiger partial charge is 0.497 e. The first kappa shape index (κ1) is 22.8. The van der Waals surface area contributed by atoms with Crippen molar-refractivity contribution in [3.8, 4) is 17.0 Å². The quantitative estimate of drug-likeness (QED) is 0.381. The first-order chi connectivity index (χ1) is 17.1. The van der Waals surface area contributed by atoms with E-state index < -0.39 is 0 Å². The molecule has 1 saturated heterocycles. The molecule has 2 aromatic carbocycles. The van der Waals surface area contributed by atoms with E-state index >= 15 is 0 Å². The zero-order chi connectivity index (χ0) is 24.2. The van der Waals surface area contributed by atoms with E-state index in [1.54, 1.807) is 13.3 Å². The van der Waals surface area contributed by atoms with Crippen LogP contribution in [0.2, 0.25) is 0 Å². The van der Waals surface area contributed by atoms with E-state index in [9.17, 15) is 4.79 Å². The average molecular weight is 472 g/mol. The summed E-state index contributed by atoms with van der Waals surface area (Å²) in [6.07, 6.45) is 5.49. The van der Waals surface area contributed by atoms with Gasteiger partial charge in [0.25, 0.3) is 0 Å². The van der Waals surface area contributed by atoms with Gasteiger partial charge in [-0.1, -0.05) is 0 Å². The molecule has 3 heterocycles. The number of hydrogen-bond donors (Lipinski definition) is 3. The lowest BCUT2D eigenvalue weighted by molar-refractivity contribution is -0.117. The lowest BCUT2D eigenvalue weighted by Crippen LogP contribution is -2.46. The highest BCUT2D eigenvalue weighted by Crippen LogP contribution is 2.28. The molecule has 1 aliphatic rings. The molecule has 0 spiro atoms. The number of hydrogen-bond acceptors (Lipinski definition) is 7. The van der Waals surface area contributed by atoms with E-state index in [1.165, 1.54) is 0 Å². The van der Waals surface area contributed by atoms with Crippen molar-refractivity contribution in [1.29, 1.82) is 0 Å². The van der Waals surface area contributed by atoms with Crippen LogP contribution in [-0.2, 0) is 4.79 Å². The number of carbonyl (C=O) groups excluding carboxylic acids is 1. The monoisotopic (exact) mass is 471 g/mol. The van der Waals surface area contributed by atoms with E-state index in [1.807, 2.05) is 66.2 Å². The maximum Gasteiger partial charge on any atom is 0.238 e. The van der Waals surface area contributed by atoms with Gasteiger partial charge in [-0.2, -0.15) is 0 Å². The van der Waals surface area contributed by atoms with Crippen LogP contribution in [-0.4, -0.2) is 65.0 Å². The third-order valence-corrected chi connectivity index (χ3v) is 6.15. The first-order valence-electron chi connectivity index (χ1n) is 11.7. The van der Waals surface area contributed by atoms with Crippen LogP contribution in [0.25, 0.3) is 16.9 Å². The predicted molar refractivity (Wildman–Crippen MR) is 137 cm³/mol. The molecule has 0 radical (unpaired) electrons. The van der Waals surface area contributed by atoms with Gasteiger partial charge in [0.1, 0.15) is 5.75 Å². The molecule has 0 atom stereocenters. The van der Waals surface area contributed by atoms with Gasteiger partial charge in [0.05, 0.1) is 25.5 Å². The van der Waals surface area contributed by atoms with Crippen molar-refractivity contribution in [3.05, 3.63) is 66.6 Å². The van der Waals surface area contributed by atoms with E-state index in [0.717, 1.165) is 65.8 Å². The number of methoxy groups -OCH3 is 1. The zero-order valence-corrected chi connectivity index (χ0v) is 19.9. The highest BCUT2D eigenvalue weighted by molar-refractivity contribution is 5.93. The molecule has 3 N–H and O–H groups in total. The van der Waals surface area contributed by atoms with Gasteiger partial charge in [0.15, 0.2) is 11.5 Å². The fraction of sp³-hybridized carbons (Fsp3) is 0.269. The molecule has 4 aromatic rings. The lowest BCUT2D eigenvalue weighted by Gasteiger charge is -2.26. The number of nitrogens with zero attached hydrogens (tertiary/aromatic N) is 4. The van der Waals surface area contributed by atoms with Crippen LogP contribution in [0.1, 0.15) is 5.56 Å². The van der Waals surface area contributed by atoms with Crippen molar-refractivity contribution in [2.24, 2.45) is 0 Å². The smallest absolute Gasteiger partial charge is 0.238 e. The van der Waals surface area contributed by atoms with Crippen molar-refractivity contribution in [2.45, 2.75) is 6.92 Å². The van der Waals surface area contributed by atoms with Crippen LogP contribution in [0, 0.1) is 6.92 Å². The van der Waals surface area contributed by atoms with Crippen LogP contribution >= 0.6 is 0 Å². The molecule has 1 amide bonds. The molecular formula is C26H29N7O2. The molecule has 0 bridgehead atoms. The zero-order valence-electron chi connectivity index (χ0n) is 19.9. The minimum absolute atomic E-state index is 0.00518. The number of piperazine rings is 1. The summed E-state index contributed by atoms with van der Waals surface area (Å²) in [6.45, 7) is 6.01. The van der Waals surface area contributed by atoms with Gasteiger partial charge in [0.2, 0.25) is 5.91 Å². The highest BCUT2D eigenvalue weighted by atomic mass is 16.5. The number of aromatic nitrogens is 3. The third kappa shape index (κ3) is 5.11.